The van der Waals surface area contributed by atoms with Gasteiger partial charge in [-0.05, 0) is 26.2 Å². The van der Waals surface area contributed by atoms with E-state index in [9.17, 15) is 9.59 Å². The third-order valence-corrected chi connectivity index (χ3v) is 5.15. The van der Waals surface area contributed by atoms with Crippen molar-refractivity contribution in [3.63, 3.8) is 0 Å². The molecule has 0 spiro atoms. The number of nitrogens with zero attached hydrogens (tertiary/aromatic N) is 2. The number of likely N-dealkylation sites (tertiary alicyclic amines) is 1. The lowest BCUT2D eigenvalue weighted by Gasteiger charge is -2.26. The van der Waals surface area contributed by atoms with Crippen molar-refractivity contribution >= 4 is 17.8 Å². The molecule has 2 rings (SSSR count). The van der Waals surface area contributed by atoms with Gasteiger partial charge in [0.1, 0.15) is 6.54 Å². The lowest BCUT2D eigenvalue weighted by Crippen LogP contribution is -2.46. The summed E-state index contributed by atoms with van der Waals surface area (Å²) in [5.41, 5.74) is 0. The molecule has 2 aliphatic rings. The number of nitrogens with one attached hydrogen (secondary N) is 3. The molecule has 3 N–H and O–H groups in total. The first-order chi connectivity index (χ1) is 13.1. The standard InChI is InChI=1S/C19H35N5O3/c1-3-20-19(22-13-17(25)21-10-12-27-2)23-16-9-11-24(14-16)18(26)15-7-5-4-6-8-15/h15-16H,3-14H2,1-2H3,(H,21,25)(H2,20,22,23). The molecule has 8 heteroatoms. The molecule has 0 aromatic carbocycles. The summed E-state index contributed by atoms with van der Waals surface area (Å²) in [6.07, 6.45) is 6.59. The summed E-state index contributed by atoms with van der Waals surface area (Å²) in [4.78, 5) is 30.8. The Balaban J connectivity index is 1.79. The Labute approximate surface area is 162 Å². The molecule has 0 aromatic heterocycles. The van der Waals surface area contributed by atoms with Crippen molar-refractivity contribution in [3.05, 3.63) is 0 Å². The third-order valence-electron chi connectivity index (χ3n) is 5.15. The SMILES string of the molecule is CCNC(=NCC(=O)NCCOC)NC1CCN(C(=O)C2CCCCC2)C1. The van der Waals surface area contributed by atoms with Gasteiger partial charge < -0.3 is 25.6 Å². The van der Waals surface area contributed by atoms with Gasteiger partial charge in [-0.2, -0.15) is 0 Å². The van der Waals surface area contributed by atoms with Gasteiger partial charge in [-0.1, -0.05) is 19.3 Å². The Morgan fingerprint density at radius 1 is 1.15 bits per heavy atom. The normalized spacial score (nSPS) is 21.2. The van der Waals surface area contributed by atoms with Gasteiger partial charge in [0.25, 0.3) is 0 Å². The number of hydrogen-bond donors (Lipinski definition) is 3. The largest absolute Gasteiger partial charge is 0.383 e. The quantitative estimate of drug-likeness (QED) is 0.323. The molecule has 0 radical (unpaired) electrons. The average molecular weight is 382 g/mol. The second kappa shape index (κ2) is 11.8. The summed E-state index contributed by atoms with van der Waals surface area (Å²) < 4.78 is 4.91. The van der Waals surface area contributed by atoms with Crippen LogP contribution in [0.1, 0.15) is 45.4 Å². The molecule has 154 valence electrons. The van der Waals surface area contributed by atoms with Gasteiger partial charge in [-0.3, -0.25) is 9.59 Å². The van der Waals surface area contributed by atoms with Crippen molar-refractivity contribution in [2.24, 2.45) is 10.9 Å². The molecule has 27 heavy (non-hydrogen) atoms. The second-order valence-corrected chi connectivity index (χ2v) is 7.29. The average Bonchev–Trinajstić information content (AvgIpc) is 3.15. The van der Waals surface area contributed by atoms with Crippen LogP contribution in [0.4, 0.5) is 0 Å². The molecule has 1 saturated heterocycles. The Hall–Kier alpha value is -1.83. The molecule has 1 unspecified atom stereocenters. The van der Waals surface area contributed by atoms with Gasteiger partial charge in [-0.15, -0.1) is 0 Å². The Kier molecular flexibility index (Phi) is 9.38. The highest BCUT2D eigenvalue weighted by Crippen LogP contribution is 2.26. The van der Waals surface area contributed by atoms with Crippen LogP contribution in [0.15, 0.2) is 4.99 Å². The highest BCUT2D eigenvalue weighted by molar-refractivity contribution is 5.85. The number of amides is 2. The molecular formula is C19H35N5O3. The van der Waals surface area contributed by atoms with Crippen LogP contribution in [0.5, 0.6) is 0 Å². The maximum Gasteiger partial charge on any atom is 0.241 e. The van der Waals surface area contributed by atoms with E-state index in [-0.39, 0.29) is 24.4 Å². The molecule has 2 amide bonds. The van der Waals surface area contributed by atoms with E-state index in [0.29, 0.717) is 38.1 Å². The minimum absolute atomic E-state index is 0.0660. The minimum Gasteiger partial charge on any atom is -0.383 e. The van der Waals surface area contributed by atoms with Gasteiger partial charge in [0, 0.05) is 45.2 Å². The molecular weight excluding hydrogens is 346 g/mol. The van der Waals surface area contributed by atoms with Gasteiger partial charge in [0.15, 0.2) is 5.96 Å². The predicted molar refractivity (Wildman–Crippen MR) is 106 cm³/mol. The molecule has 1 aliphatic carbocycles. The summed E-state index contributed by atoms with van der Waals surface area (Å²) in [5.74, 6) is 1.02. The zero-order valence-corrected chi connectivity index (χ0v) is 16.8. The van der Waals surface area contributed by atoms with E-state index in [1.54, 1.807) is 7.11 Å². The number of methoxy groups -OCH3 is 1. The fourth-order valence-corrected chi connectivity index (χ4v) is 3.70. The summed E-state index contributed by atoms with van der Waals surface area (Å²) in [7, 11) is 1.60. The van der Waals surface area contributed by atoms with E-state index in [0.717, 1.165) is 25.8 Å². The zero-order chi connectivity index (χ0) is 19.5. The van der Waals surface area contributed by atoms with Crippen LogP contribution in [-0.2, 0) is 14.3 Å². The first-order valence-corrected chi connectivity index (χ1v) is 10.2. The number of hydrogen-bond acceptors (Lipinski definition) is 4. The maximum absolute atomic E-state index is 12.7. The van der Waals surface area contributed by atoms with Gasteiger partial charge in [-0.25, -0.2) is 4.99 Å². The molecule has 0 bridgehead atoms. The zero-order valence-electron chi connectivity index (χ0n) is 16.8. The Morgan fingerprint density at radius 2 is 1.93 bits per heavy atom. The smallest absolute Gasteiger partial charge is 0.241 e. The van der Waals surface area contributed by atoms with E-state index in [1.807, 2.05) is 11.8 Å². The maximum atomic E-state index is 12.7. The Morgan fingerprint density at radius 3 is 2.63 bits per heavy atom. The van der Waals surface area contributed by atoms with Crippen LogP contribution < -0.4 is 16.0 Å². The van der Waals surface area contributed by atoms with E-state index >= 15 is 0 Å². The van der Waals surface area contributed by atoms with Crippen LogP contribution in [0.25, 0.3) is 0 Å². The molecule has 1 heterocycles. The molecule has 1 saturated carbocycles. The lowest BCUT2D eigenvalue weighted by atomic mass is 9.88. The number of carbonyl (C=O) groups is 2. The number of ether oxygens (including phenoxy) is 1. The molecule has 8 nitrogen and oxygen atoms in total. The van der Waals surface area contributed by atoms with Crippen LogP contribution >= 0.6 is 0 Å². The summed E-state index contributed by atoms with van der Waals surface area (Å²) in [6, 6.07) is 0.173. The predicted octanol–water partition coefficient (Wildman–Crippen LogP) is 0.485. The van der Waals surface area contributed by atoms with Crippen LogP contribution in [0, 0.1) is 5.92 Å². The number of carbonyl (C=O) groups excluding carboxylic acids is 2. The number of rotatable bonds is 8. The molecule has 2 fully saturated rings. The summed E-state index contributed by atoms with van der Waals surface area (Å²) in [5, 5.41) is 9.29. The van der Waals surface area contributed by atoms with E-state index < -0.39 is 0 Å². The molecule has 1 atom stereocenters. The molecule has 0 aromatic rings. The monoisotopic (exact) mass is 381 g/mol. The number of guanidine groups is 1. The topological polar surface area (TPSA) is 95.1 Å². The van der Waals surface area contributed by atoms with Crippen molar-refractivity contribution in [1.82, 2.24) is 20.9 Å². The Bertz CT molecular complexity index is 506. The lowest BCUT2D eigenvalue weighted by molar-refractivity contribution is -0.135. The fraction of sp³-hybridized carbons (Fsp3) is 0.842. The van der Waals surface area contributed by atoms with Gasteiger partial charge >= 0.3 is 0 Å². The van der Waals surface area contributed by atoms with Crippen molar-refractivity contribution in [2.45, 2.75) is 51.5 Å². The minimum atomic E-state index is -0.134. The van der Waals surface area contributed by atoms with E-state index in [1.165, 1.54) is 19.3 Å². The molecule has 1 aliphatic heterocycles. The van der Waals surface area contributed by atoms with Crippen LogP contribution in [0.2, 0.25) is 0 Å². The van der Waals surface area contributed by atoms with E-state index in [2.05, 4.69) is 20.9 Å². The highest BCUT2D eigenvalue weighted by Gasteiger charge is 2.31. The number of aliphatic imine (C=N–C) groups is 1. The fourth-order valence-electron chi connectivity index (χ4n) is 3.70. The van der Waals surface area contributed by atoms with Crippen molar-refractivity contribution in [1.29, 1.82) is 0 Å². The van der Waals surface area contributed by atoms with E-state index in [4.69, 9.17) is 4.74 Å². The first-order valence-electron chi connectivity index (χ1n) is 10.2. The van der Waals surface area contributed by atoms with Crippen molar-refractivity contribution in [2.75, 3.05) is 46.4 Å². The summed E-state index contributed by atoms with van der Waals surface area (Å²) in [6.45, 7) is 5.24. The van der Waals surface area contributed by atoms with Crippen molar-refractivity contribution in [3.8, 4) is 0 Å². The van der Waals surface area contributed by atoms with Gasteiger partial charge in [0.05, 0.1) is 6.61 Å². The van der Waals surface area contributed by atoms with Crippen LogP contribution in [-0.4, -0.2) is 75.2 Å². The van der Waals surface area contributed by atoms with Crippen molar-refractivity contribution < 1.29 is 14.3 Å². The first kappa shape index (κ1) is 21.5. The van der Waals surface area contributed by atoms with Gasteiger partial charge in [0.2, 0.25) is 11.8 Å². The highest BCUT2D eigenvalue weighted by atomic mass is 16.5. The van der Waals surface area contributed by atoms with Crippen LogP contribution in [0.3, 0.4) is 0 Å². The summed E-state index contributed by atoms with van der Waals surface area (Å²) >= 11 is 0. The second-order valence-electron chi connectivity index (χ2n) is 7.29. The third kappa shape index (κ3) is 7.36.